The van der Waals surface area contributed by atoms with Crippen molar-refractivity contribution < 1.29 is 18.8 Å². The Balaban J connectivity index is 1.57. The lowest BCUT2D eigenvalue weighted by molar-refractivity contribution is -0.904. The van der Waals surface area contributed by atoms with E-state index in [0.29, 0.717) is 13.2 Å². The predicted molar refractivity (Wildman–Crippen MR) is 155 cm³/mol. The van der Waals surface area contributed by atoms with Crippen LogP contribution in [0.1, 0.15) is 89.2 Å². The number of unbranched alkanes of at least 4 members (excludes halogenated alkanes) is 7. The van der Waals surface area contributed by atoms with Crippen molar-refractivity contribution in [1.29, 1.82) is 0 Å². The van der Waals surface area contributed by atoms with Gasteiger partial charge in [-0.3, -0.25) is 4.79 Å². The number of esters is 1. The van der Waals surface area contributed by atoms with Crippen LogP contribution < -0.4 is 4.74 Å². The maximum Gasteiger partial charge on any atom is 0.308 e. The molecule has 0 amide bonds. The number of aryl methyl sites for hydroxylation is 1. The van der Waals surface area contributed by atoms with E-state index in [-0.39, 0.29) is 11.9 Å². The molecule has 0 aliphatic heterocycles. The van der Waals surface area contributed by atoms with Crippen molar-refractivity contribution in [3.63, 3.8) is 0 Å². The van der Waals surface area contributed by atoms with E-state index in [0.717, 1.165) is 49.0 Å². The lowest BCUT2D eigenvalue weighted by Gasteiger charge is -2.30. The lowest BCUT2D eigenvalue weighted by atomic mass is 10.0. The number of ether oxygens (including phenoxy) is 2. The minimum Gasteiger partial charge on any atom is -0.493 e. The summed E-state index contributed by atoms with van der Waals surface area (Å²) in [5.74, 6) is 0.846. The fraction of sp³-hybridized carbons (Fsp3) is 0.606. The summed E-state index contributed by atoms with van der Waals surface area (Å²) in [5, 5.41) is 0. The average Bonchev–Trinajstić information content (AvgIpc) is 2.89. The van der Waals surface area contributed by atoms with Gasteiger partial charge in [0.25, 0.3) is 0 Å². The lowest BCUT2D eigenvalue weighted by Crippen LogP contribution is -2.40. The van der Waals surface area contributed by atoms with Gasteiger partial charge in [-0.25, -0.2) is 0 Å². The van der Waals surface area contributed by atoms with Gasteiger partial charge in [-0.05, 0) is 37.3 Å². The molecule has 0 saturated carbocycles. The van der Waals surface area contributed by atoms with Crippen LogP contribution in [0, 0.1) is 5.92 Å². The number of carbonyl (C=O) groups is 1. The van der Waals surface area contributed by atoms with Gasteiger partial charge in [0.05, 0.1) is 39.8 Å². The van der Waals surface area contributed by atoms with Gasteiger partial charge in [-0.15, -0.1) is 0 Å². The summed E-state index contributed by atoms with van der Waals surface area (Å²) >= 11 is 0. The third-order valence-corrected chi connectivity index (χ3v) is 7.09. The molecular formula is C33H52NO3+. The van der Waals surface area contributed by atoms with Gasteiger partial charge in [-0.2, -0.15) is 0 Å². The molecule has 2 aromatic carbocycles. The van der Waals surface area contributed by atoms with Crippen molar-refractivity contribution in [2.24, 2.45) is 5.92 Å². The zero-order valence-electron chi connectivity index (χ0n) is 24.1. The molecule has 0 aliphatic carbocycles. The van der Waals surface area contributed by atoms with Gasteiger partial charge in [0, 0.05) is 12.0 Å². The van der Waals surface area contributed by atoms with Gasteiger partial charge in [0.1, 0.15) is 12.3 Å². The molecule has 0 spiro atoms. The van der Waals surface area contributed by atoms with E-state index in [9.17, 15) is 4.79 Å². The molecule has 0 radical (unpaired) electrons. The molecule has 1 atom stereocenters. The Morgan fingerprint density at radius 2 is 1.46 bits per heavy atom. The molecule has 37 heavy (non-hydrogen) atoms. The SMILES string of the molecule is CCCCCCCCCc1ccccc1OCCCCOC(=O)C(C)CC[N+](C)(C)Cc1ccccc1. The Labute approximate surface area is 227 Å². The van der Waals surface area contributed by atoms with Crippen molar-refractivity contribution in [2.75, 3.05) is 33.9 Å². The molecule has 2 rings (SSSR count). The quantitative estimate of drug-likeness (QED) is 0.103. The minimum absolute atomic E-state index is 0.0806. The molecule has 0 heterocycles. The van der Waals surface area contributed by atoms with Crippen LogP contribution in [0.15, 0.2) is 54.6 Å². The summed E-state index contributed by atoms with van der Waals surface area (Å²) in [7, 11) is 4.44. The van der Waals surface area contributed by atoms with E-state index < -0.39 is 0 Å². The molecule has 1 unspecified atom stereocenters. The monoisotopic (exact) mass is 510 g/mol. The summed E-state index contributed by atoms with van der Waals surface area (Å²) < 4.78 is 12.5. The Kier molecular flexibility index (Phi) is 15.0. The van der Waals surface area contributed by atoms with Crippen LogP contribution in [0.2, 0.25) is 0 Å². The number of nitrogens with zero attached hydrogens (tertiary/aromatic N) is 1. The van der Waals surface area contributed by atoms with Crippen molar-refractivity contribution in [2.45, 2.75) is 91.0 Å². The highest BCUT2D eigenvalue weighted by molar-refractivity contribution is 5.71. The number of rotatable bonds is 20. The van der Waals surface area contributed by atoms with Gasteiger partial charge in [-0.1, -0.05) is 101 Å². The Morgan fingerprint density at radius 3 is 2.22 bits per heavy atom. The molecule has 2 aromatic rings. The molecule has 4 nitrogen and oxygen atoms in total. The van der Waals surface area contributed by atoms with Crippen LogP contribution in [0.25, 0.3) is 0 Å². The second-order valence-electron chi connectivity index (χ2n) is 11.2. The van der Waals surface area contributed by atoms with Crippen LogP contribution >= 0.6 is 0 Å². The molecule has 4 heteroatoms. The average molecular weight is 511 g/mol. The van der Waals surface area contributed by atoms with E-state index in [4.69, 9.17) is 9.47 Å². The fourth-order valence-corrected chi connectivity index (χ4v) is 4.64. The first-order valence-electron chi connectivity index (χ1n) is 14.6. The van der Waals surface area contributed by atoms with Crippen molar-refractivity contribution in [3.8, 4) is 5.75 Å². The van der Waals surface area contributed by atoms with Crippen molar-refractivity contribution >= 4 is 5.97 Å². The highest BCUT2D eigenvalue weighted by Crippen LogP contribution is 2.21. The molecular weight excluding hydrogens is 458 g/mol. The third kappa shape index (κ3) is 13.7. The summed E-state index contributed by atoms with van der Waals surface area (Å²) in [6, 6.07) is 19.0. The number of para-hydroxylation sites is 1. The summed E-state index contributed by atoms with van der Waals surface area (Å²) in [6.07, 6.45) is 12.9. The highest BCUT2D eigenvalue weighted by atomic mass is 16.5. The van der Waals surface area contributed by atoms with Crippen LogP contribution in [0.3, 0.4) is 0 Å². The van der Waals surface area contributed by atoms with Gasteiger partial charge in [0.2, 0.25) is 0 Å². The normalized spacial score (nSPS) is 12.3. The number of quaternary nitrogens is 1. The summed E-state index contributed by atoms with van der Waals surface area (Å²) in [6.45, 7) is 7.28. The van der Waals surface area contributed by atoms with Crippen LogP contribution in [-0.2, 0) is 22.5 Å². The number of hydrogen-bond donors (Lipinski definition) is 0. The first-order chi connectivity index (χ1) is 17.9. The van der Waals surface area contributed by atoms with E-state index in [1.807, 2.05) is 19.1 Å². The molecule has 0 fully saturated rings. The number of hydrogen-bond acceptors (Lipinski definition) is 3. The first-order valence-corrected chi connectivity index (χ1v) is 14.6. The minimum atomic E-state index is -0.0827. The standard InChI is InChI=1S/C33H52NO3/c1-5-6-7-8-9-10-14-21-31-22-15-16-23-32(31)36-26-17-18-27-37-33(35)29(2)24-25-34(3,4)28-30-19-12-11-13-20-30/h11-13,15-16,19-20,22-23,29H,5-10,14,17-18,21,24-28H2,1-4H3/q+1. The summed E-state index contributed by atoms with van der Waals surface area (Å²) in [4.78, 5) is 12.5. The summed E-state index contributed by atoms with van der Waals surface area (Å²) in [5.41, 5.74) is 2.63. The van der Waals surface area contributed by atoms with E-state index in [1.165, 1.54) is 56.1 Å². The van der Waals surface area contributed by atoms with Crippen LogP contribution in [0.4, 0.5) is 0 Å². The molecule has 0 N–H and O–H groups in total. The van der Waals surface area contributed by atoms with Gasteiger partial charge >= 0.3 is 5.97 Å². The van der Waals surface area contributed by atoms with Crippen LogP contribution in [-0.4, -0.2) is 44.3 Å². The zero-order chi connectivity index (χ0) is 26.8. The number of benzene rings is 2. The maximum atomic E-state index is 12.5. The topological polar surface area (TPSA) is 35.5 Å². The van der Waals surface area contributed by atoms with Gasteiger partial charge < -0.3 is 14.0 Å². The Hall–Kier alpha value is -2.33. The molecule has 0 aliphatic rings. The Morgan fingerprint density at radius 1 is 0.811 bits per heavy atom. The second-order valence-corrected chi connectivity index (χ2v) is 11.2. The largest absolute Gasteiger partial charge is 0.493 e. The molecule has 206 valence electrons. The zero-order valence-corrected chi connectivity index (χ0v) is 24.1. The molecule has 0 aromatic heterocycles. The second kappa shape index (κ2) is 18.0. The molecule has 0 bridgehead atoms. The van der Waals surface area contributed by atoms with E-state index >= 15 is 0 Å². The first kappa shape index (κ1) is 30.9. The third-order valence-electron chi connectivity index (χ3n) is 7.09. The van der Waals surface area contributed by atoms with Crippen molar-refractivity contribution in [3.05, 3.63) is 65.7 Å². The van der Waals surface area contributed by atoms with Gasteiger partial charge in [0.15, 0.2) is 0 Å². The van der Waals surface area contributed by atoms with Crippen LogP contribution in [0.5, 0.6) is 5.75 Å². The fourth-order valence-electron chi connectivity index (χ4n) is 4.64. The predicted octanol–water partition coefficient (Wildman–Crippen LogP) is 7.98. The smallest absolute Gasteiger partial charge is 0.308 e. The maximum absolute atomic E-state index is 12.5. The Bertz CT molecular complexity index is 865. The highest BCUT2D eigenvalue weighted by Gasteiger charge is 2.21. The van der Waals surface area contributed by atoms with E-state index in [2.05, 4.69) is 63.5 Å². The van der Waals surface area contributed by atoms with E-state index in [1.54, 1.807) is 0 Å². The van der Waals surface area contributed by atoms with Crippen molar-refractivity contribution in [1.82, 2.24) is 0 Å². The number of carbonyl (C=O) groups excluding carboxylic acids is 1. The molecule has 0 saturated heterocycles.